The fourth-order valence-electron chi connectivity index (χ4n) is 1.51. The van der Waals surface area contributed by atoms with Gasteiger partial charge in [0.2, 0.25) is 0 Å². The van der Waals surface area contributed by atoms with Gasteiger partial charge in [0, 0.05) is 25.0 Å². The summed E-state index contributed by atoms with van der Waals surface area (Å²) in [6.07, 6.45) is -0.342. The van der Waals surface area contributed by atoms with Crippen molar-refractivity contribution < 1.29 is 33.5 Å². The van der Waals surface area contributed by atoms with Gasteiger partial charge in [0.25, 0.3) is 11.8 Å². The smallest absolute Gasteiger partial charge is 0.342 e. The molecule has 0 radical (unpaired) electrons. The fraction of sp³-hybridized carbons (Fsp3) is 0.417. The van der Waals surface area contributed by atoms with Gasteiger partial charge >= 0.3 is 17.9 Å². The van der Waals surface area contributed by atoms with Gasteiger partial charge in [-0.2, -0.15) is 0 Å². The summed E-state index contributed by atoms with van der Waals surface area (Å²) >= 11 is 0. The summed E-state index contributed by atoms with van der Waals surface area (Å²) in [5.74, 6) is -3.89. The lowest BCUT2D eigenvalue weighted by atomic mass is 10.1. The molecule has 0 unspecified atom stereocenters. The van der Waals surface area contributed by atoms with Crippen LogP contribution in [0.1, 0.15) is 33.6 Å². The van der Waals surface area contributed by atoms with Gasteiger partial charge in [0.05, 0.1) is 6.42 Å². The number of hydrogen-bond acceptors (Lipinski definition) is 7. The van der Waals surface area contributed by atoms with Gasteiger partial charge in [-0.25, -0.2) is 14.4 Å². The van der Waals surface area contributed by atoms with Gasteiger partial charge in [-0.3, -0.25) is 9.59 Å². The van der Waals surface area contributed by atoms with Crippen LogP contribution in [0.15, 0.2) is 11.1 Å². The van der Waals surface area contributed by atoms with Crippen LogP contribution in [-0.4, -0.2) is 34.8 Å². The summed E-state index contributed by atoms with van der Waals surface area (Å²) in [5, 5.41) is 0.321. The standard InChI is InChI=1S/C12H13NO7/c1-6-9(12(18)19-11(6)17)4-5-10(16)20-13(7(2)14)8(3)15/h4-5H2,1-3H3. The average molecular weight is 283 g/mol. The molecule has 1 heterocycles. The van der Waals surface area contributed by atoms with Crippen molar-refractivity contribution in [1.29, 1.82) is 0 Å². The van der Waals surface area contributed by atoms with E-state index in [0.717, 1.165) is 13.8 Å². The topological polar surface area (TPSA) is 107 Å². The molecule has 8 nitrogen and oxygen atoms in total. The highest BCUT2D eigenvalue weighted by Gasteiger charge is 2.30. The van der Waals surface area contributed by atoms with E-state index in [1.807, 2.05) is 0 Å². The summed E-state index contributed by atoms with van der Waals surface area (Å²) in [6.45, 7) is 3.54. The molecule has 20 heavy (non-hydrogen) atoms. The maximum Gasteiger partial charge on any atom is 0.342 e. The molecule has 0 N–H and O–H groups in total. The number of nitrogens with zero attached hydrogens (tertiary/aromatic N) is 1. The molecule has 1 aliphatic heterocycles. The van der Waals surface area contributed by atoms with Crippen LogP contribution in [0.4, 0.5) is 0 Å². The molecule has 0 aromatic heterocycles. The third-order valence-electron chi connectivity index (χ3n) is 2.53. The van der Waals surface area contributed by atoms with Crippen LogP contribution in [0.25, 0.3) is 0 Å². The molecule has 0 aromatic rings. The molecule has 1 rings (SSSR count). The van der Waals surface area contributed by atoms with E-state index < -0.39 is 29.7 Å². The molecule has 0 saturated carbocycles. The van der Waals surface area contributed by atoms with Crippen molar-refractivity contribution in [3.63, 3.8) is 0 Å². The molecule has 2 amide bonds. The SMILES string of the molecule is CC(=O)N(OC(=O)CCC1=C(C)C(=O)OC1=O)C(C)=O. The molecule has 108 valence electrons. The maximum absolute atomic E-state index is 11.5. The summed E-state index contributed by atoms with van der Waals surface area (Å²) in [7, 11) is 0. The van der Waals surface area contributed by atoms with E-state index in [1.54, 1.807) is 0 Å². The molecule has 0 fully saturated rings. The number of hydroxylamine groups is 2. The first-order chi connectivity index (χ1) is 9.23. The van der Waals surface area contributed by atoms with Gasteiger partial charge < -0.3 is 9.57 Å². The van der Waals surface area contributed by atoms with E-state index in [9.17, 15) is 24.0 Å². The van der Waals surface area contributed by atoms with Gasteiger partial charge in [0.15, 0.2) is 0 Å². The summed E-state index contributed by atoms with van der Waals surface area (Å²) in [5.41, 5.74) is 0.224. The first-order valence-corrected chi connectivity index (χ1v) is 5.72. The van der Waals surface area contributed by atoms with Crippen LogP contribution in [0.5, 0.6) is 0 Å². The number of carbonyl (C=O) groups is 5. The molecule has 0 aromatic carbocycles. The first kappa shape index (κ1) is 15.5. The largest absolute Gasteiger partial charge is 0.386 e. The number of amides is 2. The second-order valence-electron chi connectivity index (χ2n) is 4.08. The minimum Gasteiger partial charge on any atom is -0.386 e. The number of ether oxygens (including phenoxy) is 1. The lowest BCUT2D eigenvalue weighted by Crippen LogP contribution is -2.35. The van der Waals surface area contributed by atoms with Crippen LogP contribution < -0.4 is 0 Å². The predicted molar refractivity (Wildman–Crippen MR) is 62.3 cm³/mol. The first-order valence-electron chi connectivity index (χ1n) is 5.72. The highest BCUT2D eigenvalue weighted by molar-refractivity contribution is 6.12. The maximum atomic E-state index is 11.5. The quantitative estimate of drug-likeness (QED) is 0.408. The van der Waals surface area contributed by atoms with E-state index in [0.29, 0.717) is 5.06 Å². The number of rotatable bonds is 3. The van der Waals surface area contributed by atoms with Crippen molar-refractivity contribution in [2.45, 2.75) is 33.6 Å². The Balaban J connectivity index is 2.60. The molecule has 8 heteroatoms. The van der Waals surface area contributed by atoms with Crippen molar-refractivity contribution >= 4 is 29.7 Å². The molecule has 0 atom stereocenters. The third kappa shape index (κ3) is 3.50. The van der Waals surface area contributed by atoms with Crippen molar-refractivity contribution in [2.24, 2.45) is 0 Å². The Labute approximate surface area is 114 Å². The van der Waals surface area contributed by atoms with E-state index in [4.69, 9.17) is 0 Å². The Bertz CT molecular complexity index is 518. The number of esters is 2. The van der Waals surface area contributed by atoms with Crippen molar-refractivity contribution in [2.75, 3.05) is 0 Å². The Morgan fingerprint density at radius 3 is 2.05 bits per heavy atom. The van der Waals surface area contributed by atoms with Gasteiger partial charge in [-0.05, 0) is 13.3 Å². The van der Waals surface area contributed by atoms with Crippen molar-refractivity contribution in [3.05, 3.63) is 11.1 Å². The number of imide groups is 1. The second kappa shape index (κ2) is 6.09. The van der Waals surface area contributed by atoms with Crippen LogP contribution >= 0.6 is 0 Å². The van der Waals surface area contributed by atoms with Crippen LogP contribution in [0.2, 0.25) is 0 Å². The summed E-state index contributed by atoms with van der Waals surface area (Å²) < 4.78 is 4.35. The fourth-order valence-corrected chi connectivity index (χ4v) is 1.51. The van der Waals surface area contributed by atoms with E-state index in [-0.39, 0.29) is 24.0 Å². The predicted octanol–water partition coefficient (Wildman–Crippen LogP) is 0.0197. The van der Waals surface area contributed by atoms with Crippen LogP contribution in [0.3, 0.4) is 0 Å². The van der Waals surface area contributed by atoms with Crippen LogP contribution in [0, 0.1) is 0 Å². The summed E-state index contributed by atoms with van der Waals surface area (Å²) in [4.78, 5) is 60.5. The molecular formula is C12H13NO7. The Morgan fingerprint density at radius 1 is 1.10 bits per heavy atom. The number of carbonyl (C=O) groups excluding carboxylic acids is 5. The molecule has 0 bridgehead atoms. The Morgan fingerprint density at radius 2 is 1.65 bits per heavy atom. The highest BCUT2D eigenvalue weighted by atomic mass is 16.7. The number of cyclic esters (lactones) is 2. The normalized spacial score (nSPS) is 14.2. The zero-order chi connectivity index (χ0) is 15.4. The summed E-state index contributed by atoms with van der Waals surface area (Å²) in [6, 6.07) is 0. The Hall–Kier alpha value is -2.51. The van der Waals surface area contributed by atoms with E-state index in [1.165, 1.54) is 6.92 Å². The Kier molecular flexibility index (Phi) is 4.73. The van der Waals surface area contributed by atoms with Gasteiger partial charge in [-0.1, -0.05) is 0 Å². The zero-order valence-corrected chi connectivity index (χ0v) is 11.2. The molecule has 0 aliphatic carbocycles. The molecule has 1 aliphatic rings. The minimum absolute atomic E-state index is 0.0705. The third-order valence-corrected chi connectivity index (χ3v) is 2.53. The van der Waals surface area contributed by atoms with Crippen molar-refractivity contribution in [3.8, 4) is 0 Å². The van der Waals surface area contributed by atoms with Crippen LogP contribution in [-0.2, 0) is 33.5 Å². The lowest BCUT2D eigenvalue weighted by molar-refractivity contribution is -0.200. The molecule has 0 saturated heterocycles. The number of hydrogen-bond donors (Lipinski definition) is 0. The van der Waals surface area contributed by atoms with Crippen molar-refractivity contribution in [1.82, 2.24) is 5.06 Å². The van der Waals surface area contributed by atoms with E-state index >= 15 is 0 Å². The van der Waals surface area contributed by atoms with Gasteiger partial charge in [-0.15, -0.1) is 5.06 Å². The second-order valence-corrected chi connectivity index (χ2v) is 4.08. The zero-order valence-electron chi connectivity index (χ0n) is 11.2. The minimum atomic E-state index is -0.872. The lowest BCUT2D eigenvalue weighted by Gasteiger charge is -2.15. The molecule has 0 spiro atoms. The average Bonchev–Trinajstić information content (AvgIpc) is 2.57. The van der Waals surface area contributed by atoms with E-state index in [2.05, 4.69) is 9.57 Å². The molecular weight excluding hydrogens is 270 g/mol. The highest BCUT2D eigenvalue weighted by Crippen LogP contribution is 2.21. The van der Waals surface area contributed by atoms with Gasteiger partial charge in [0.1, 0.15) is 0 Å². The monoisotopic (exact) mass is 283 g/mol.